The zero-order valence-corrected chi connectivity index (χ0v) is 19.1. The van der Waals surface area contributed by atoms with Crippen LogP contribution >= 0.6 is 22.7 Å². The van der Waals surface area contributed by atoms with Crippen molar-refractivity contribution in [3.63, 3.8) is 0 Å². The second-order valence-corrected chi connectivity index (χ2v) is 9.80. The Morgan fingerprint density at radius 2 is 2.00 bits per heavy atom. The normalized spacial score (nSPS) is 13.5. The summed E-state index contributed by atoms with van der Waals surface area (Å²) in [5, 5.41) is 4.78. The lowest BCUT2D eigenvalue weighted by molar-refractivity contribution is -0.129. The molecule has 0 saturated heterocycles. The van der Waals surface area contributed by atoms with Gasteiger partial charge in [-0.2, -0.15) is 0 Å². The highest BCUT2D eigenvalue weighted by atomic mass is 32.1. The standard InChI is InChI=1S/C23H21N3O3S2/c1-12-10-16(13(2)29-12)21(28)25-23-20(22-24-17-6-4-5-7-18(17)30-22)15-8-9-26(14(3)27)11-19(15)31-23/h4-7,10H,8-9,11H2,1-3H3,(H,25,28). The van der Waals surface area contributed by atoms with Crippen LogP contribution in [-0.2, 0) is 17.8 Å². The Kier molecular flexibility index (Phi) is 4.91. The van der Waals surface area contributed by atoms with E-state index in [0.29, 0.717) is 30.2 Å². The van der Waals surface area contributed by atoms with Crippen molar-refractivity contribution in [1.82, 2.24) is 9.88 Å². The number of benzene rings is 1. The lowest BCUT2D eigenvalue weighted by Gasteiger charge is -2.26. The molecule has 31 heavy (non-hydrogen) atoms. The van der Waals surface area contributed by atoms with Crippen LogP contribution in [0.25, 0.3) is 20.8 Å². The van der Waals surface area contributed by atoms with Crippen molar-refractivity contribution in [2.24, 2.45) is 0 Å². The van der Waals surface area contributed by atoms with E-state index in [0.717, 1.165) is 37.1 Å². The first-order valence-electron chi connectivity index (χ1n) is 10.0. The first kappa shape index (κ1) is 20.0. The molecule has 0 fully saturated rings. The number of anilines is 1. The van der Waals surface area contributed by atoms with Gasteiger partial charge in [-0.25, -0.2) is 4.98 Å². The maximum atomic E-state index is 13.0. The number of rotatable bonds is 3. The quantitative estimate of drug-likeness (QED) is 0.453. The summed E-state index contributed by atoms with van der Waals surface area (Å²) in [6.07, 6.45) is 0.746. The topological polar surface area (TPSA) is 75.4 Å². The smallest absolute Gasteiger partial charge is 0.259 e. The minimum Gasteiger partial charge on any atom is -0.466 e. The Labute approximate surface area is 187 Å². The van der Waals surface area contributed by atoms with E-state index in [4.69, 9.17) is 9.40 Å². The number of aryl methyl sites for hydroxylation is 2. The number of nitrogens with zero attached hydrogens (tertiary/aromatic N) is 2. The number of thiazole rings is 1. The van der Waals surface area contributed by atoms with Crippen LogP contribution in [0.15, 0.2) is 34.7 Å². The van der Waals surface area contributed by atoms with Crippen LogP contribution in [0, 0.1) is 13.8 Å². The lowest BCUT2D eigenvalue weighted by atomic mass is 10.0. The molecule has 0 bridgehead atoms. The van der Waals surface area contributed by atoms with Gasteiger partial charge in [0, 0.05) is 23.9 Å². The van der Waals surface area contributed by atoms with Crippen molar-refractivity contribution in [3.05, 3.63) is 57.9 Å². The number of thiophene rings is 1. The highest BCUT2D eigenvalue weighted by molar-refractivity contribution is 7.23. The molecule has 0 atom stereocenters. The summed E-state index contributed by atoms with van der Waals surface area (Å²) in [7, 11) is 0. The van der Waals surface area contributed by atoms with Crippen molar-refractivity contribution < 1.29 is 14.0 Å². The number of fused-ring (bicyclic) bond motifs is 2. The molecule has 3 aromatic heterocycles. The molecule has 4 heterocycles. The predicted octanol–water partition coefficient (Wildman–Crippen LogP) is 5.39. The molecule has 1 N–H and O–H groups in total. The summed E-state index contributed by atoms with van der Waals surface area (Å²) < 4.78 is 6.65. The molecule has 0 saturated carbocycles. The van der Waals surface area contributed by atoms with Gasteiger partial charge in [-0.3, -0.25) is 9.59 Å². The van der Waals surface area contributed by atoms with Crippen LogP contribution < -0.4 is 5.32 Å². The molecule has 0 spiro atoms. The summed E-state index contributed by atoms with van der Waals surface area (Å²) in [5.74, 6) is 1.17. The van der Waals surface area contributed by atoms with Crippen LogP contribution in [-0.4, -0.2) is 28.2 Å². The van der Waals surface area contributed by atoms with Crippen molar-refractivity contribution in [2.45, 2.75) is 33.7 Å². The van der Waals surface area contributed by atoms with E-state index in [1.54, 1.807) is 31.3 Å². The molecule has 5 rings (SSSR count). The number of hydrogen-bond donors (Lipinski definition) is 1. The van der Waals surface area contributed by atoms with E-state index < -0.39 is 0 Å². The maximum Gasteiger partial charge on any atom is 0.259 e. The van der Waals surface area contributed by atoms with Crippen LogP contribution in [0.1, 0.15) is 39.2 Å². The van der Waals surface area contributed by atoms with Gasteiger partial charge in [0.15, 0.2) is 0 Å². The summed E-state index contributed by atoms with van der Waals surface area (Å²) >= 11 is 3.16. The first-order valence-corrected chi connectivity index (χ1v) is 11.7. The number of carbonyl (C=O) groups excluding carboxylic acids is 2. The molecule has 0 radical (unpaired) electrons. The van der Waals surface area contributed by atoms with Crippen LogP contribution in [0.5, 0.6) is 0 Å². The van der Waals surface area contributed by atoms with E-state index in [9.17, 15) is 9.59 Å². The van der Waals surface area contributed by atoms with Crippen molar-refractivity contribution >= 4 is 49.7 Å². The second kappa shape index (κ2) is 7.62. The monoisotopic (exact) mass is 451 g/mol. The Morgan fingerprint density at radius 3 is 2.71 bits per heavy atom. The van der Waals surface area contributed by atoms with Crippen LogP contribution in [0.3, 0.4) is 0 Å². The van der Waals surface area contributed by atoms with Crippen LogP contribution in [0.4, 0.5) is 5.00 Å². The molecule has 158 valence electrons. The SMILES string of the molecule is CC(=O)N1CCc2c(sc(NC(=O)c3cc(C)oc3C)c2-c2nc3ccccc3s2)C1. The fourth-order valence-electron chi connectivity index (χ4n) is 3.99. The molecule has 0 unspecified atom stereocenters. The maximum absolute atomic E-state index is 13.0. The van der Waals surface area contributed by atoms with Gasteiger partial charge in [0.25, 0.3) is 5.91 Å². The average Bonchev–Trinajstić information content (AvgIpc) is 3.40. The largest absolute Gasteiger partial charge is 0.466 e. The second-order valence-electron chi connectivity index (χ2n) is 7.67. The molecule has 2 amide bonds. The number of para-hydroxylation sites is 1. The Hall–Kier alpha value is -2.97. The third kappa shape index (κ3) is 3.55. The van der Waals surface area contributed by atoms with E-state index >= 15 is 0 Å². The Bertz CT molecular complexity index is 1300. The Morgan fingerprint density at radius 1 is 1.19 bits per heavy atom. The zero-order chi connectivity index (χ0) is 21.7. The van der Waals surface area contributed by atoms with Gasteiger partial charge in [-0.15, -0.1) is 22.7 Å². The molecule has 1 aliphatic heterocycles. The zero-order valence-electron chi connectivity index (χ0n) is 17.4. The Balaban J connectivity index is 1.60. The number of amides is 2. The molecule has 8 heteroatoms. The third-order valence-corrected chi connectivity index (χ3v) is 7.71. The van der Waals surface area contributed by atoms with Crippen molar-refractivity contribution in [2.75, 3.05) is 11.9 Å². The van der Waals surface area contributed by atoms with E-state index in [-0.39, 0.29) is 11.8 Å². The number of aromatic nitrogens is 1. The molecule has 4 aromatic rings. The first-order chi connectivity index (χ1) is 14.9. The predicted molar refractivity (Wildman–Crippen MR) is 124 cm³/mol. The fraction of sp³-hybridized carbons (Fsp3) is 0.261. The van der Waals surface area contributed by atoms with Gasteiger partial charge in [-0.05, 0) is 44.0 Å². The van der Waals surface area contributed by atoms with Crippen LogP contribution in [0.2, 0.25) is 0 Å². The molecule has 0 aliphatic carbocycles. The minimum absolute atomic E-state index is 0.0654. The fourth-order valence-corrected chi connectivity index (χ4v) is 6.36. The minimum atomic E-state index is -0.196. The molecule has 6 nitrogen and oxygen atoms in total. The highest BCUT2D eigenvalue weighted by Gasteiger charge is 2.29. The van der Waals surface area contributed by atoms with Gasteiger partial charge >= 0.3 is 0 Å². The van der Waals surface area contributed by atoms with Crippen molar-refractivity contribution in [3.8, 4) is 10.6 Å². The molecule has 1 aromatic carbocycles. The number of hydrogen-bond acceptors (Lipinski definition) is 6. The van der Waals surface area contributed by atoms with E-state index in [1.807, 2.05) is 30.0 Å². The lowest BCUT2D eigenvalue weighted by Crippen LogP contribution is -2.33. The summed E-state index contributed by atoms with van der Waals surface area (Å²) in [4.78, 5) is 32.8. The van der Waals surface area contributed by atoms with Gasteiger partial charge < -0.3 is 14.6 Å². The van der Waals surface area contributed by atoms with Gasteiger partial charge in [0.2, 0.25) is 5.91 Å². The molecular weight excluding hydrogens is 430 g/mol. The molecular formula is C23H21N3O3S2. The number of nitrogens with one attached hydrogen (secondary N) is 1. The molecule has 1 aliphatic rings. The van der Waals surface area contributed by atoms with E-state index in [2.05, 4.69) is 11.4 Å². The van der Waals surface area contributed by atoms with Crippen molar-refractivity contribution in [1.29, 1.82) is 0 Å². The highest BCUT2D eigenvalue weighted by Crippen LogP contribution is 2.45. The van der Waals surface area contributed by atoms with Gasteiger partial charge in [0.1, 0.15) is 21.5 Å². The number of carbonyl (C=O) groups is 2. The summed E-state index contributed by atoms with van der Waals surface area (Å²) in [5.41, 5.74) is 3.64. The number of furan rings is 1. The van der Waals surface area contributed by atoms with E-state index in [1.165, 1.54) is 16.9 Å². The third-order valence-electron chi connectivity index (χ3n) is 5.52. The summed E-state index contributed by atoms with van der Waals surface area (Å²) in [6, 6.07) is 9.80. The van der Waals surface area contributed by atoms with Gasteiger partial charge in [-0.1, -0.05) is 12.1 Å². The summed E-state index contributed by atoms with van der Waals surface area (Å²) in [6.45, 7) is 6.45. The average molecular weight is 452 g/mol. The van der Waals surface area contributed by atoms with Gasteiger partial charge in [0.05, 0.1) is 22.3 Å².